The van der Waals surface area contributed by atoms with E-state index in [1.54, 1.807) is 28.0 Å². The third kappa shape index (κ3) is 6.59. The Morgan fingerprint density at radius 3 is 2.61 bits per heavy atom. The van der Waals surface area contributed by atoms with E-state index in [1.807, 2.05) is 51.1 Å². The summed E-state index contributed by atoms with van der Waals surface area (Å²) in [4.78, 5) is 42.8. The first kappa shape index (κ1) is 25.2. The maximum atomic E-state index is 12.9. The number of hydrogen-bond acceptors (Lipinski definition) is 7. The van der Waals surface area contributed by atoms with E-state index in [0.717, 1.165) is 5.56 Å². The fraction of sp³-hybridized carbons (Fsp3) is 0.423. The Balaban J connectivity index is 1.39. The molecule has 1 aliphatic rings. The number of carbonyl (C=O) groups is 2. The molecule has 10 heteroatoms. The minimum atomic E-state index is -0.639. The Hall–Kier alpha value is -3.95. The van der Waals surface area contributed by atoms with Crippen molar-refractivity contribution in [1.29, 1.82) is 0 Å². The molecule has 1 atom stereocenters. The summed E-state index contributed by atoms with van der Waals surface area (Å²) in [7, 11) is 0. The number of oxazole rings is 1. The van der Waals surface area contributed by atoms with Gasteiger partial charge in [0.1, 0.15) is 18.0 Å². The second-order valence-electron chi connectivity index (χ2n) is 9.62. The van der Waals surface area contributed by atoms with Crippen molar-refractivity contribution < 1.29 is 28.2 Å². The summed E-state index contributed by atoms with van der Waals surface area (Å²) in [6, 6.07) is 14.2. The average molecular weight is 498 g/mol. The zero-order valence-corrected chi connectivity index (χ0v) is 20.7. The van der Waals surface area contributed by atoms with Crippen LogP contribution in [0.1, 0.15) is 32.8 Å². The van der Waals surface area contributed by atoms with Crippen molar-refractivity contribution in [3.8, 4) is 5.75 Å². The molecule has 0 spiro atoms. The summed E-state index contributed by atoms with van der Waals surface area (Å²) in [6.45, 7) is 6.85. The van der Waals surface area contributed by atoms with Crippen LogP contribution in [-0.2, 0) is 16.1 Å². The Labute approximate surface area is 208 Å². The maximum Gasteiger partial charge on any atom is 0.417 e. The van der Waals surface area contributed by atoms with Gasteiger partial charge in [0.25, 0.3) is 0 Å². The van der Waals surface area contributed by atoms with Crippen molar-refractivity contribution in [1.82, 2.24) is 14.8 Å². The number of fused-ring (bicyclic) bond motifs is 1. The molecular weight excluding hydrogens is 466 g/mol. The molecule has 1 aromatic heterocycles. The third-order valence-electron chi connectivity index (χ3n) is 5.69. The van der Waals surface area contributed by atoms with Crippen LogP contribution < -0.4 is 10.5 Å². The van der Waals surface area contributed by atoms with Gasteiger partial charge in [0.05, 0.1) is 18.2 Å². The number of carbonyl (C=O) groups excluding carboxylic acids is 2. The maximum absolute atomic E-state index is 12.9. The predicted octanol–water partition coefficient (Wildman–Crippen LogP) is 4.15. The molecule has 0 aliphatic carbocycles. The molecule has 1 fully saturated rings. The van der Waals surface area contributed by atoms with Gasteiger partial charge in [0, 0.05) is 32.1 Å². The zero-order valence-electron chi connectivity index (χ0n) is 20.7. The van der Waals surface area contributed by atoms with E-state index in [-0.39, 0.29) is 19.3 Å². The largest absolute Gasteiger partial charge is 0.493 e. The van der Waals surface area contributed by atoms with Crippen molar-refractivity contribution >= 4 is 23.3 Å². The highest BCUT2D eigenvalue weighted by molar-refractivity contribution is 5.73. The van der Waals surface area contributed by atoms with Crippen molar-refractivity contribution in [2.24, 2.45) is 0 Å². The van der Waals surface area contributed by atoms with Crippen LogP contribution in [-0.4, -0.2) is 64.9 Å². The minimum absolute atomic E-state index is 0.178. The van der Waals surface area contributed by atoms with Gasteiger partial charge in [0.15, 0.2) is 5.58 Å². The van der Waals surface area contributed by atoms with E-state index in [1.165, 1.54) is 0 Å². The quantitative estimate of drug-likeness (QED) is 0.544. The first-order valence-corrected chi connectivity index (χ1v) is 11.9. The predicted molar refractivity (Wildman–Crippen MR) is 132 cm³/mol. The molecule has 36 heavy (non-hydrogen) atoms. The molecule has 2 aromatic carbocycles. The van der Waals surface area contributed by atoms with Crippen LogP contribution in [0.3, 0.4) is 0 Å². The topological polar surface area (TPSA) is 114 Å². The van der Waals surface area contributed by atoms with Crippen molar-refractivity contribution in [3.63, 3.8) is 0 Å². The van der Waals surface area contributed by atoms with E-state index >= 15 is 0 Å². The summed E-state index contributed by atoms with van der Waals surface area (Å²) in [5.41, 5.74) is 1.25. The number of ether oxygens (including phenoxy) is 3. The second-order valence-corrected chi connectivity index (χ2v) is 9.62. The highest BCUT2D eigenvalue weighted by atomic mass is 16.6. The number of aromatic amines is 1. The van der Waals surface area contributed by atoms with Crippen LogP contribution in [0, 0.1) is 0 Å². The van der Waals surface area contributed by atoms with E-state index in [9.17, 15) is 14.4 Å². The van der Waals surface area contributed by atoms with Crippen molar-refractivity contribution in [2.45, 2.75) is 45.4 Å². The molecular formula is C26H31N3O7. The highest BCUT2D eigenvalue weighted by Gasteiger charge is 2.35. The Morgan fingerprint density at radius 2 is 1.86 bits per heavy atom. The van der Waals surface area contributed by atoms with Gasteiger partial charge in [0.2, 0.25) is 0 Å². The van der Waals surface area contributed by atoms with Gasteiger partial charge in [-0.15, -0.1) is 0 Å². The van der Waals surface area contributed by atoms with Gasteiger partial charge < -0.3 is 28.4 Å². The zero-order chi connectivity index (χ0) is 25.7. The van der Waals surface area contributed by atoms with Crippen LogP contribution in [0.25, 0.3) is 11.1 Å². The summed E-state index contributed by atoms with van der Waals surface area (Å²) in [5, 5.41) is 0. The number of amides is 2. The van der Waals surface area contributed by atoms with E-state index in [0.29, 0.717) is 42.9 Å². The molecule has 0 radical (unpaired) electrons. The lowest BCUT2D eigenvalue weighted by Crippen LogP contribution is -2.57. The molecule has 1 aliphatic heterocycles. The summed E-state index contributed by atoms with van der Waals surface area (Å²) < 4.78 is 22.0. The van der Waals surface area contributed by atoms with Crippen LogP contribution in [0.15, 0.2) is 57.7 Å². The second kappa shape index (κ2) is 10.8. The molecule has 4 rings (SSSR count). The number of hydrogen-bond donors (Lipinski definition) is 1. The van der Waals surface area contributed by atoms with Crippen LogP contribution in [0.5, 0.6) is 5.75 Å². The third-order valence-corrected chi connectivity index (χ3v) is 5.69. The normalized spacial score (nSPS) is 16.1. The Bertz CT molecular complexity index is 1250. The van der Waals surface area contributed by atoms with Gasteiger partial charge in [-0.2, -0.15) is 0 Å². The number of aromatic nitrogens is 1. The van der Waals surface area contributed by atoms with Gasteiger partial charge in [-0.05, 0) is 38.5 Å². The van der Waals surface area contributed by atoms with Crippen LogP contribution in [0.2, 0.25) is 0 Å². The number of benzene rings is 2. The SMILES string of the molecule is CC(C)(C)OC(=O)N1CCN(C(=O)OCc2ccccc2)C[C@H]1CCOc1ccc2[nH]c(=O)oc2c1. The molecule has 0 bridgehead atoms. The van der Waals surface area contributed by atoms with Crippen LogP contribution >= 0.6 is 0 Å². The number of nitrogens with zero attached hydrogens (tertiary/aromatic N) is 2. The number of piperazine rings is 1. The first-order valence-electron chi connectivity index (χ1n) is 11.9. The van der Waals surface area contributed by atoms with Gasteiger partial charge in [-0.1, -0.05) is 30.3 Å². The first-order chi connectivity index (χ1) is 17.2. The monoisotopic (exact) mass is 497 g/mol. The Morgan fingerprint density at radius 1 is 1.08 bits per heavy atom. The van der Waals surface area contributed by atoms with Crippen LogP contribution in [0.4, 0.5) is 9.59 Å². The molecule has 3 aromatic rings. The van der Waals surface area contributed by atoms with E-state index in [2.05, 4.69) is 4.98 Å². The molecule has 1 N–H and O–H groups in total. The molecule has 2 heterocycles. The Kier molecular flexibility index (Phi) is 7.52. The van der Waals surface area contributed by atoms with Crippen molar-refractivity contribution in [3.05, 3.63) is 64.6 Å². The van der Waals surface area contributed by atoms with E-state index in [4.69, 9.17) is 18.6 Å². The fourth-order valence-corrected chi connectivity index (χ4v) is 3.97. The fourth-order valence-electron chi connectivity index (χ4n) is 3.97. The molecule has 0 saturated carbocycles. The summed E-state index contributed by atoms with van der Waals surface area (Å²) in [6.07, 6.45) is -0.404. The van der Waals surface area contributed by atoms with Gasteiger partial charge >= 0.3 is 17.9 Å². The van der Waals surface area contributed by atoms with E-state index < -0.39 is 23.5 Å². The molecule has 10 nitrogen and oxygen atoms in total. The lowest BCUT2D eigenvalue weighted by molar-refractivity contribution is -0.00614. The van der Waals surface area contributed by atoms with Crippen molar-refractivity contribution in [2.75, 3.05) is 26.2 Å². The minimum Gasteiger partial charge on any atom is -0.493 e. The smallest absolute Gasteiger partial charge is 0.417 e. The van der Waals surface area contributed by atoms with Gasteiger partial charge in [-0.25, -0.2) is 14.4 Å². The molecule has 2 amide bonds. The number of nitrogens with one attached hydrogen (secondary N) is 1. The average Bonchev–Trinajstić information content (AvgIpc) is 3.21. The number of rotatable bonds is 6. The molecule has 1 saturated heterocycles. The lowest BCUT2D eigenvalue weighted by atomic mass is 10.1. The summed E-state index contributed by atoms with van der Waals surface area (Å²) in [5.74, 6) is 0.000560. The molecule has 192 valence electrons. The number of H-pyrrole nitrogens is 1. The lowest BCUT2D eigenvalue weighted by Gasteiger charge is -2.41. The van der Waals surface area contributed by atoms with Gasteiger partial charge in [-0.3, -0.25) is 4.98 Å². The molecule has 0 unspecified atom stereocenters. The summed E-state index contributed by atoms with van der Waals surface area (Å²) >= 11 is 0. The standard InChI is InChI=1S/C26H31N3O7/c1-26(2,3)36-25(32)29-13-12-28(24(31)34-17-18-7-5-4-6-8-18)16-19(29)11-14-33-20-9-10-21-22(15-20)35-23(30)27-21/h4-10,15,19H,11-14,16-17H2,1-3H3,(H,27,30)/t19-/m1/s1. The highest BCUT2D eigenvalue weighted by Crippen LogP contribution is 2.21.